The summed E-state index contributed by atoms with van der Waals surface area (Å²) in [4.78, 5) is 0. The molecule has 4 aromatic carbocycles. The fourth-order valence-corrected chi connectivity index (χ4v) is 13.7. The molecule has 0 spiro atoms. The van der Waals surface area contributed by atoms with Gasteiger partial charge >= 0.3 is 173 Å². The summed E-state index contributed by atoms with van der Waals surface area (Å²) in [6, 6.07) is 42.4. The number of hydrogen-bond acceptors (Lipinski definition) is 0. The standard InChI is InChI=1S/C26H25GeP/c1-27(2,22-14-6-3-7-15-22)25-20-12-13-21-26(25)28(23-16-8-4-9-17-23)24-18-10-5-11-19-24/h3-21H,1-2H3. The fraction of sp³-hybridized carbons (Fsp3) is 0.0769. The van der Waals surface area contributed by atoms with E-state index in [1.165, 1.54) is 20.3 Å². The number of hydrogen-bond donors (Lipinski definition) is 0. The Balaban J connectivity index is 1.92. The zero-order valence-corrected chi connectivity index (χ0v) is 19.4. The van der Waals surface area contributed by atoms with Gasteiger partial charge in [-0.25, -0.2) is 0 Å². The third kappa shape index (κ3) is 3.85. The molecular weight excluding hydrogens is 416 g/mol. The minimum absolute atomic E-state index is 0.575. The van der Waals surface area contributed by atoms with Gasteiger partial charge < -0.3 is 0 Å². The molecule has 0 unspecified atom stereocenters. The summed E-state index contributed by atoms with van der Waals surface area (Å²) in [7, 11) is -0.575. The zero-order valence-electron chi connectivity index (χ0n) is 16.4. The van der Waals surface area contributed by atoms with Crippen LogP contribution in [0.4, 0.5) is 0 Å². The molecule has 0 fully saturated rings. The minimum atomic E-state index is -2.42. The van der Waals surface area contributed by atoms with E-state index in [2.05, 4.69) is 127 Å². The van der Waals surface area contributed by atoms with Gasteiger partial charge in [-0.2, -0.15) is 0 Å². The molecule has 4 aromatic rings. The summed E-state index contributed by atoms with van der Waals surface area (Å²) >= 11 is -2.42. The molecule has 28 heavy (non-hydrogen) atoms. The molecular formula is C26H25GeP. The van der Waals surface area contributed by atoms with E-state index in [4.69, 9.17) is 0 Å². The molecule has 0 aliphatic rings. The summed E-state index contributed by atoms with van der Waals surface area (Å²) in [5.41, 5.74) is 0. The summed E-state index contributed by atoms with van der Waals surface area (Å²) in [6.07, 6.45) is 0. The quantitative estimate of drug-likeness (QED) is 0.321. The number of benzene rings is 4. The van der Waals surface area contributed by atoms with E-state index >= 15 is 0 Å². The molecule has 0 bridgehead atoms. The topological polar surface area (TPSA) is 0 Å². The zero-order chi connectivity index (χ0) is 19.4. The fourth-order valence-electron chi connectivity index (χ4n) is 3.79. The van der Waals surface area contributed by atoms with Gasteiger partial charge in [0, 0.05) is 0 Å². The van der Waals surface area contributed by atoms with Crippen molar-refractivity contribution < 1.29 is 0 Å². The molecule has 0 nitrogen and oxygen atoms in total. The molecule has 4 rings (SSSR count). The van der Waals surface area contributed by atoms with Gasteiger partial charge in [0.05, 0.1) is 0 Å². The van der Waals surface area contributed by atoms with Crippen LogP contribution in [0.5, 0.6) is 0 Å². The van der Waals surface area contributed by atoms with Crippen molar-refractivity contribution in [2.45, 2.75) is 11.5 Å². The van der Waals surface area contributed by atoms with Gasteiger partial charge in [0.25, 0.3) is 0 Å². The first kappa shape index (κ1) is 19.2. The van der Waals surface area contributed by atoms with Crippen molar-refractivity contribution in [3.63, 3.8) is 0 Å². The van der Waals surface area contributed by atoms with E-state index < -0.39 is 21.2 Å². The second kappa shape index (κ2) is 8.47. The van der Waals surface area contributed by atoms with E-state index in [1.54, 1.807) is 4.40 Å². The first-order valence-corrected chi connectivity index (χ1v) is 17.4. The predicted molar refractivity (Wildman–Crippen MR) is 128 cm³/mol. The van der Waals surface area contributed by atoms with E-state index in [-0.39, 0.29) is 0 Å². The van der Waals surface area contributed by atoms with Gasteiger partial charge in [0.1, 0.15) is 0 Å². The molecule has 0 aliphatic heterocycles. The maximum absolute atomic E-state index is 2.53. The third-order valence-electron chi connectivity index (χ3n) is 5.34. The molecule has 0 aliphatic carbocycles. The predicted octanol–water partition coefficient (Wildman–Crippen LogP) is 4.27. The van der Waals surface area contributed by atoms with Crippen molar-refractivity contribution in [3.8, 4) is 0 Å². The SMILES string of the molecule is [CH3][Ge]([CH3])([c]1ccccc1)[c]1ccccc1P(c1ccccc1)c1ccccc1. The maximum atomic E-state index is 2.53. The molecule has 0 radical (unpaired) electrons. The van der Waals surface area contributed by atoms with Crippen molar-refractivity contribution in [2.24, 2.45) is 0 Å². The van der Waals surface area contributed by atoms with Gasteiger partial charge in [0.2, 0.25) is 0 Å². The molecule has 138 valence electrons. The van der Waals surface area contributed by atoms with Crippen LogP contribution in [0.1, 0.15) is 0 Å². The van der Waals surface area contributed by atoms with Crippen molar-refractivity contribution in [3.05, 3.63) is 115 Å². The molecule has 0 saturated heterocycles. The molecule has 2 heteroatoms. The summed E-state index contributed by atoms with van der Waals surface area (Å²) in [6.45, 7) is 0. The van der Waals surface area contributed by atoms with Crippen LogP contribution >= 0.6 is 7.92 Å². The van der Waals surface area contributed by atoms with Crippen molar-refractivity contribution in [1.82, 2.24) is 0 Å². The Labute approximate surface area is 172 Å². The Kier molecular flexibility index (Phi) is 5.80. The average Bonchev–Trinajstić information content (AvgIpc) is 2.76. The monoisotopic (exact) mass is 442 g/mol. The van der Waals surface area contributed by atoms with Crippen LogP contribution in [0.25, 0.3) is 0 Å². The van der Waals surface area contributed by atoms with Gasteiger partial charge in [-0.1, -0.05) is 0 Å². The second-order valence-corrected chi connectivity index (χ2v) is 18.9. The van der Waals surface area contributed by atoms with Crippen LogP contribution in [-0.2, 0) is 0 Å². The van der Waals surface area contributed by atoms with Crippen LogP contribution in [0.3, 0.4) is 0 Å². The average molecular weight is 441 g/mol. The molecule has 0 N–H and O–H groups in total. The Hall–Kier alpha value is -2.15. The van der Waals surface area contributed by atoms with Crippen molar-refractivity contribution >= 4 is 45.9 Å². The molecule has 0 heterocycles. The molecule has 0 aromatic heterocycles. The van der Waals surface area contributed by atoms with E-state index in [0.29, 0.717) is 0 Å². The third-order valence-corrected chi connectivity index (χ3v) is 15.8. The normalized spacial score (nSPS) is 11.5. The van der Waals surface area contributed by atoms with Crippen molar-refractivity contribution in [2.75, 3.05) is 0 Å². The van der Waals surface area contributed by atoms with Crippen LogP contribution in [0.15, 0.2) is 115 Å². The van der Waals surface area contributed by atoms with Gasteiger partial charge in [-0.05, 0) is 0 Å². The Morgan fingerprint density at radius 3 is 1.46 bits per heavy atom. The summed E-state index contributed by atoms with van der Waals surface area (Å²) in [5.74, 6) is 5.05. The Morgan fingerprint density at radius 2 is 0.929 bits per heavy atom. The molecule has 0 atom stereocenters. The van der Waals surface area contributed by atoms with Crippen LogP contribution in [0.2, 0.25) is 11.5 Å². The van der Waals surface area contributed by atoms with Gasteiger partial charge in [-0.15, -0.1) is 0 Å². The number of rotatable bonds is 5. The van der Waals surface area contributed by atoms with Gasteiger partial charge in [-0.3, -0.25) is 0 Å². The molecule has 0 saturated carbocycles. The van der Waals surface area contributed by atoms with Crippen molar-refractivity contribution in [1.29, 1.82) is 0 Å². The van der Waals surface area contributed by atoms with Crippen LogP contribution < -0.4 is 24.7 Å². The molecule has 0 amide bonds. The Morgan fingerprint density at radius 1 is 0.500 bits per heavy atom. The van der Waals surface area contributed by atoms with Crippen LogP contribution in [-0.4, -0.2) is 13.3 Å². The summed E-state index contributed by atoms with van der Waals surface area (Å²) in [5, 5.41) is 4.36. The first-order chi connectivity index (χ1) is 13.7. The van der Waals surface area contributed by atoms with E-state index in [1.807, 2.05) is 0 Å². The Bertz CT molecular complexity index is 988. The van der Waals surface area contributed by atoms with Crippen LogP contribution in [0, 0.1) is 0 Å². The second-order valence-electron chi connectivity index (χ2n) is 7.51. The summed E-state index contributed by atoms with van der Waals surface area (Å²) < 4.78 is 3.12. The van der Waals surface area contributed by atoms with Gasteiger partial charge in [0.15, 0.2) is 0 Å². The van der Waals surface area contributed by atoms with E-state index in [0.717, 1.165) is 0 Å². The first-order valence-electron chi connectivity index (χ1n) is 9.73. The van der Waals surface area contributed by atoms with E-state index in [9.17, 15) is 0 Å².